The summed E-state index contributed by atoms with van der Waals surface area (Å²) in [6.07, 6.45) is 10.4. The third-order valence-electron chi connectivity index (χ3n) is 2.84. The maximum Gasteiger partial charge on any atom is 0.223 e. The quantitative estimate of drug-likeness (QED) is 0.301. The average Bonchev–Trinajstić information content (AvgIpc) is 2.58. The summed E-state index contributed by atoms with van der Waals surface area (Å²) in [5.74, 6) is 4.73. The van der Waals surface area contributed by atoms with Crippen LogP contribution in [0.1, 0.15) is 6.42 Å². The van der Waals surface area contributed by atoms with Crippen LogP contribution >= 0.6 is 0 Å². The molecule has 7 heteroatoms. The molecular formula is C17H28N2O5. The summed E-state index contributed by atoms with van der Waals surface area (Å²) in [4.78, 5) is 13.7. The summed E-state index contributed by atoms with van der Waals surface area (Å²) in [5.41, 5.74) is 5.44. The van der Waals surface area contributed by atoms with Crippen molar-refractivity contribution < 1.29 is 23.7 Å². The molecule has 0 heterocycles. The van der Waals surface area contributed by atoms with Gasteiger partial charge in [0.25, 0.3) is 0 Å². The number of terminal acetylenes is 2. The van der Waals surface area contributed by atoms with Crippen LogP contribution in [-0.4, -0.2) is 83.3 Å². The monoisotopic (exact) mass is 340 g/mol. The van der Waals surface area contributed by atoms with Crippen molar-refractivity contribution in [2.75, 3.05) is 72.5 Å². The van der Waals surface area contributed by atoms with Crippen LogP contribution in [0.5, 0.6) is 0 Å². The zero-order valence-electron chi connectivity index (χ0n) is 14.2. The number of amides is 1. The van der Waals surface area contributed by atoms with Crippen molar-refractivity contribution in [1.82, 2.24) is 4.90 Å². The second kappa shape index (κ2) is 17.7. The number of hydrogen-bond acceptors (Lipinski definition) is 6. The van der Waals surface area contributed by atoms with E-state index in [0.29, 0.717) is 65.7 Å². The van der Waals surface area contributed by atoms with Crippen molar-refractivity contribution in [3.63, 3.8) is 0 Å². The predicted molar refractivity (Wildman–Crippen MR) is 91.2 cm³/mol. The van der Waals surface area contributed by atoms with E-state index in [1.54, 1.807) is 4.90 Å². The zero-order chi connectivity index (χ0) is 17.9. The Morgan fingerprint density at radius 1 is 0.833 bits per heavy atom. The number of ether oxygens (including phenoxy) is 4. The molecule has 0 aromatic heterocycles. The summed E-state index contributed by atoms with van der Waals surface area (Å²) < 4.78 is 21.0. The van der Waals surface area contributed by atoms with Crippen molar-refractivity contribution in [2.24, 2.45) is 5.73 Å². The summed E-state index contributed by atoms with van der Waals surface area (Å²) in [6.45, 7) is 4.38. The van der Waals surface area contributed by atoms with Gasteiger partial charge in [0.2, 0.25) is 5.91 Å². The van der Waals surface area contributed by atoms with Crippen LogP contribution in [0.25, 0.3) is 0 Å². The lowest BCUT2D eigenvalue weighted by atomic mass is 10.3. The minimum atomic E-state index is -0.0168. The highest BCUT2D eigenvalue weighted by Gasteiger charge is 2.12. The molecule has 0 spiro atoms. The highest BCUT2D eigenvalue weighted by Crippen LogP contribution is 1.95. The number of rotatable bonds is 16. The summed E-state index contributed by atoms with van der Waals surface area (Å²) >= 11 is 0. The first-order valence-electron chi connectivity index (χ1n) is 7.92. The van der Waals surface area contributed by atoms with Gasteiger partial charge in [0.1, 0.15) is 13.2 Å². The standard InChI is InChI=1S/C17H28N2O5/c1-3-9-21-13-15-23-11-7-19(17(20)5-6-18)8-12-24-16-14-22-10-4-2/h1-2H,5-16,18H2. The molecular weight excluding hydrogens is 312 g/mol. The van der Waals surface area contributed by atoms with Gasteiger partial charge in [-0.2, -0.15) is 0 Å². The lowest BCUT2D eigenvalue weighted by Gasteiger charge is -2.22. The first-order valence-corrected chi connectivity index (χ1v) is 7.92. The minimum absolute atomic E-state index is 0.0168. The van der Waals surface area contributed by atoms with Gasteiger partial charge in [-0.3, -0.25) is 4.79 Å². The lowest BCUT2D eigenvalue weighted by Crippen LogP contribution is -2.37. The fourth-order valence-corrected chi connectivity index (χ4v) is 1.69. The van der Waals surface area contributed by atoms with Gasteiger partial charge in [-0.25, -0.2) is 0 Å². The maximum absolute atomic E-state index is 12.0. The highest BCUT2D eigenvalue weighted by atomic mass is 16.5. The zero-order valence-corrected chi connectivity index (χ0v) is 14.2. The molecule has 24 heavy (non-hydrogen) atoms. The SMILES string of the molecule is C#CCOCCOCCN(CCOCCOCC#C)C(=O)CCN. The molecule has 136 valence electrons. The molecule has 1 amide bonds. The second-order valence-corrected chi connectivity index (χ2v) is 4.66. The molecule has 0 aliphatic carbocycles. The largest absolute Gasteiger partial charge is 0.377 e. The van der Waals surface area contributed by atoms with Crippen LogP contribution in [0.15, 0.2) is 0 Å². The minimum Gasteiger partial charge on any atom is -0.377 e. The van der Waals surface area contributed by atoms with Crippen molar-refractivity contribution in [1.29, 1.82) is 0 Å². The van der Waals surface area contributed by atoms with Gasteiger partial charge < -0.3 is 29.6 Å². The lowest BCUT2D eigenvalue weighted by molar-refractivity contribution is -0.132. The number of hydrogen-bond donors (Lipinski definition) is 1. The molecule has 0 saturated carbocycles. The smallest absolute Gasteiger partial charge is 0.223 e. The van der Waals surface area contributed by atoms with Crippen LogP contribution in [0, 0.1) is 24.7 Å². The first kappa shape index (κ1) is 22.4. The molecule has 0 saturated heterocycles. The van der Waals surface area contributed by atoms with E-state index < -0.39 is 0 Å². The highest BCUT2D eigenvalue weighted by molar-refractivity contribution is 5.76. The van der Waals surface area contributed by atoms with E-state index in [9.17, 15) is 4.79 Å². The average molecular weight is 340 g/mol. The van der Waals surface area contributed by atoms with Gasteiger partial charge in [0.15, 0.2) is 0 Å². The van der Waals surface area contributed by atoms with Crippen LogP contribution in [-0.2, 0) is 23.7 Å². The number of nitrogens with zero attached hydrogens (tertiary/aromatic N) is 1. The van der Waals surface area contributed by atoms with E-state index >= 15 is 0 Å². The Morgan fingerprint density at radius 3 is 1.71 bits per heavy atom. The molecule has 0 rings (SSSR count). The molecule has 0 atom stereocenters. The van der Waals surface area contributed by atoms with Crippen LogP contribution in [0.2, 0.25) is 0 Å². The van der Waals surface area contributed by atoms with Crippen molar-refractivity contribution >= 4 is 5.91 Å². The second-order valence-electron chi connectivity index (χ2n) is 4.66. The first-order chi connectivity index (χ1) is 11.8. The van der Waals surface area contributed by atoms with Crippen LogP contribution in [0.3, 0.4) is 0 Å². The molecule has 0 unspecified atom stereocenters. The van der Waals surface area contributed by atoms with Crippen molar-refractivity contribution in [3.05, 3.63) is 0 Å². The van der Waals surface area contributed by atoms with Crippen molar-refractivity contribution in [3.8, 4) is 24.7 Å². The molecule has 2 N–H and O–H groups in total. The molecule has 0 aliphatic rings. The van der Waals surface area contributed by atoms with Gasteiger partial charge in [-0.05, 0) is 0 Å². The third-order valence-corrected chi connectivity index (χ3v) is 2.84. The Kier molecular flexibility index (Phi) is 16.5. The van der Waals surface area contributed by atoms with Gasteiger partial charge in [0, 0.05) is 26.1 Å². The van der Waals surface area contributed by atoms with Crippen molar-refractivity contribution in [2.45, 2.75) is 6.42 Å². The molecule has 0 fully saturated rings. The Labute approximate surface area is 144 Å². The Balaban J connectivity index is 3.84. The molecule has 0 bridgehead atoms. The van der Waals surface area contributed by atoms with E-state index in [1.165, 1.54) is 0 Å². The fraction of sp³-hybridized carbons (Fsp3) is 0.706. The topological polar surface area (TPSA) is 83.2 Å². The number of carbonyl (C=O) groups is 1. The van der Waals surface area contributed by atoms with Gasteiger partial charge in [-0.1, -0.05) is 11.8 Å². The summed E-state index contributed by atoms with van der Waals surface area (Å²) in [5, 5.41) is 0. The fourth-order valence-electron chi connectivity index (χ4n) is 1.69. The number of nitrogens with two attached hydrogens (primary N) is 1. The molecule has 7 nitrogen and oxygen atoms in total. The van der Waals surface area contributed by atoms with Gasteiger partial charge >= 0.3 is 0 Å². The third kappa shape index (κ3) is 14.0. The Hall–Kier alpha value is -1.61. The Bertz CT molecular complexity index is 361. The number of carbonyl (C=O) groups excluding carboxylic acids is 1. The maximum atomic E-state index is 12.0. The van der Waals surface area contributed by atoms with E-state index in [1.807, 2.05) is 0 Å². The van der Waals surface area contributed by atoms with Gasteiger partial charge in [0.05, 0.1) is 39.6 Å². The molecule has 0 radical (unpaired) electrons. The van der Waals surface area contributed by atoms with Crippen LogP contribution < -0.4 is 5.73 Å². The molecule has 0 aromatic rings. The Morgan fingerprint density at radius 2 is 1.29 bits per heavy atom. The van der Waals surface area contributed by atoms with E-state index in [2.05, 4.69) is 11.8 Å². The molecule has 0 aromatic carbocycles. The van der Waals surface area contributed by atoms with E-state index in [0.717, 1.165) is 0 Å². The van der Waals surface area contributed by atoms with Crippen LogP contribution in [0.4, 0.5) is 0 Å². The normalized spacial score (nSPS) is 10.1. The van der Waals surface area contributed by atoms with E-state index in [4.69, 9.17) is 37.5 Å². The van der Waals surface area contributed by atoms with Gasteiger partial charge in [-0.15, -0.1) is 12.8 Å². The van der Waals surface area contributed by atoms with E-state index in [-0.39, 0.29) is 19.1 Å². The summed E-state index contributed by atoms with van der Waals surface area (Å²) in [6, 6.07) is 0. The predicted octanol–water partition coefficient (Wildman–Crippen LogP) is -0.503. The molecule has 0 aliphatic heterocycles. The summed E-state index contributed by atoms with van der Waals surface area (Å²) in [7, 11) is 0.